The molecule has 1 amide bonds. The van der Waals surface area contributed by atoms with Gasteiger partial charge in [-0.2, -0.15) is 8.75 Å². The summed E-state index contributed by atoms with van der Waals surface area (Å²) in [6.45, 7) is 0.494. The van der Waals surface area contributed by atoms with Gasteiger partial charge in [0.15, 0.2) is 0 Å². The highest BCUT2D eigenvalue weighted by Gasteiger charge is 2.20. The van der Waals surface area contributed by atoms with Gasteiger partial charge in [0.1, 0.15) is 11.0 Å². The Labute approximate surface area is 155 Å². The highest BCUT2D eigenvalue weighted by Crippen LogP contribution is 2.19. The molecule has 7 heteroatoms. The van der Waals surface area contributed by atoms with Crippen LogP contribution in [0.5, 0.6) is 0 Å². The number of nitrogens with two attached hydrogens (primary N) is 1. The van der Waals surface area contributed by atoms with Crippen LogP contribution < -0.4 is 5.73 Å². The van der Waals surface area contributed by atoms with Gasteiger partial charge >= 0.3 is 0 Å². The van der Waals surface area contributed by atoms with Crippen molar-refractivity contribution in [1.82, 2.24) is 18.6 Å². The third-order valence-corrected chi connectivity index (χ3v) is 5.10. The number of carbonyl (C=O) groups is 1. The van der Waals surface area contributed by atoms with Crippen molar-refractivity contribution in [1.29, 1.82) is 0 Å². The Morgan fingerprint density at radius 2 is 2.04 bits per heavy atom. The Bertz CT molecular complexity index is 1070. The molecule has 2 aromatic carbocycles. The molecule has 0 aliphatic heterocycles. The molecule has 3 N–H and O–H groups in total. The molecule has 1 atom stereocenters. The van der Waals surface area contributed by atoms with Gasteiger partial charge in [-0.3, -0.25) is 4.79 Å². The Balaban J connectivity index is 1.45. The van der Waals surface area contributed by atoms with Crippen LogP contribution in [0.3, 0.4) is 0 Å². The smallest absolute Gasteiger partial charge is 0.239 e. The molecule has 0 saturated heterocycles. The summed E-state index contributed by atoms with van der Waals surface area (Å²) in [5.41, 5.74) is 11.1. The van der Waals surface area contributed by atoms with Crippen molar-refractivity contribution < 1.29 is 4.79 Å². The third-order valence-electron chi connectivity index (χ3n) is 4.55. The molecule has 0 aliphatic carbocycles. The molecule has 4 rings (SSSR count). The lowest BCUT2D eigenvalue weighted by atomic mass is 10.0. The summed E-state index contributed by atoms with van der Waals surface area (Å²) >= 11 is 1.19. The predicted octanol–water partition coefficient (Wildman–Crippen LogP) is 2.70. The second-order valence-electron chi connectivity index (χ2n) is 6.45. The van der Waals surface area contributed by atoms with E-state index in [1.807, 2.05) is 48.7 Å². The molecule has 0 radical (unpaired) electrons. The monoisotopic (exact) mass is 365 g/mol. The minimum Gasteiger partial charge on any atom is -0.361 e. The first-order chi connectivity index (χ1) is 12.6. The number of hydrogen-bond acceptors (Lipinski definition) is 5. The molecule has 6 nitrogen and oxygen atoms in total. The van der Waals surface area contributed by atoms with E-state index in [4.69, 9.17) is 5.73 Å². The molecule has 0 saturated carbocycles. The van der Waals surface area contributed by atoms with Crippen LogP contribution in [0.15, 0.2) is 48.7 Å². The minimum absolute atomic E-state index is 0.0771. The number of amides is 1. The van der Waals surface area contributed by atoms with Crippen molar-refractivity contribution in [2.45, 2.75) is 19.0 Å². The van der Waals surface area contributed by atoms with E-state index in [0.29, 0.717) is 13.0 Å². The standard InChI is InChI=1S/C19H19N5OS/c1-24(11-12-6-7-17-18(8-12)23-26-22-17)19(25)15(20)9-13-10-21-16-5-3-2-4-14(13)16/h2-8,10,15,21H,9,11,20H2,1H3/t15-/m0/s1. The van der Waals surface area contributed by atoms with Crippen LogP contribution >= 0.6 is 11.7 Å². The molecular weight excluding hydrogens is 346 g/mol. The number of aromatic amines is 1. The van der Waals surface area contributed by atoms with Gasteiger partial charge in [0, 0.05) is 30.7 Å². The zero-order valence-corrected chi connectivity index (χ0v) is 15.2. The van der Waals surface area contributed by atoms with E-state index in [1.54, 1.807) is 11.9 Å². The van der Waals surface area contributed by atoms with Gasteiger partial charge in [-0.25, -0.2) is 0 Å². The summed E-state index contributed by atoms with van der Waals surface area (Å²) < 4.78 is 8.44. The Hall–Kier alpha value is -2.77. The molecule has 0 aliphatic rings. The van der Waals surface area contributed by atoms with Gasteiger partial charge in [-0.15, -0.1) is 0 Å². The maximum Gasteiger partial charge on any atom is 0.239 e. The number of H-pyrrole nitrogens is 1. The number of nitrogens with zero attached hydrogens (tertiary/aromatic N) is 3. The second kappa shape index (κ2) is 6.86. The van der Waals surface area contributed by atoms with Crippen molar-refractivity contribution in [2.24, 2.45) is 5.73 Å². The fraction of sp³-hybridized carbons (Fsp3) is 0.211. The second-order valence-corrected chi connectivity index (χ2v) is 6.98. The lowest BCUT2D eigenvalue weighted by Gasteiger charge is -2.21. The van der Waals surface area contributed by atoms with Gasteiger partial charge in [-0.1, -0.05) is 24.3 Å². The summed E-state index contributed by atoms with van der Waals surface area (Å²) in [5.74, 6) is -0.0771. The Kier molecular flexibility index (Phi) is 4.40. The number of carbonyl (C=O) groups excluding carboxylic acids is 1. The SMILES string of the molecule is CN(Cc1ccc2nsnc2c1)C(=O)[C@@H](N)Cc1c[nH]c2ccccc12. The summed E-state index contributed by atoms with van der Waals surface area (Å²) in [6, 6.07) is 13.3. The molecular formula is C19H19N5OS. The number of rotatable bonds is 5. The van der Waals surface area contributed by atoms with Gasteiger partial charge in [0.05, 0.1) is 17.8 Å². The van der Waals surface area contributed by atoms with E-state index in [-0.39, 0.29) is 5.91 Å². The summed E-state index contributed by atoms with van der Waals surface area (Å²) in [7, 11) is 1.78. The summed E-state index contributed by atoms with van der Waals surface area (Å²) in [4.78, 5) is 17.6. The van der Waals surface area contributed by atoms with E-state index in [9.17, 15) is 4.79 Å². The third kappa shape index (κ3) is 3.18. The van der Waals surface area contributed by atoms with Crippen molar-refractivity contribution >= 4 is 39.6 Å². The van der Waals surface area contributed by atoms with E-state index in [1.165, 1.54) is 11.7 Å². The molecule has 2 aromatic heterocycles. The van der Waals surface area contributed by atoms with Gasteiger partial charge in [0.2, 0.25) is 5.91 Å². The number of hydrogen-bond donors (Lipinski definition) is 2. The largest absolute Gasteiger partial charge is 0.361 e. The zero-order valence-electron chi connectivity index (χ0n) is 14.3. The lowest BCUT2D eigenvalue weighted by molar-refractivity contribution is -0.131. The maximum atomic E-state index is 12.7. The van der Waals surface area contributed by atoms with Gasteiger partial charge < -0.3 is 15.6 Å². The minimum atomic E-state index is -0.580. The number of benzene rings is 2. The first kappa shape index (κ1) is 16.7. The van der Waals surface area contributed by atoms with E-state index in [0.717, 1.165) is 33.1 Å². The molecule has 0 bridgehead atoms. The lowest BCUT2D eigenvalue weighted by Crippen LogP contribution is -2.42. The number of nitrogens with one attached hydrogen (secondary N) is 1. The normalized spacial score (nSPS) is 12.5. The van der Waals surface area contributed by atoms with Gasteiger partial charge in [-0.05, 0) is 35.7 Å². The van der Waals surface area contributed by atoms with E-state index < -0.39 is 6.04 Å². The first-order valence-electron chi connectivity index (χ1n) is 8.38. The highest BCUT2D eigenvalue weighted by molar-refractivity contribution is 7.00. The predicted molar refractivity (Wildman–Crippen MR) is 104 cm³/mol. The number of aromatic nitrogens is 3. The average molecular weight is 365 g/mol. The van der Waals surface area contributed by atoms with Gasteiger partial charge in [0.25, 0.3) is 0 Å². The summed E-state index contributed by atoms with van der Waals surface area (Å²) in [5, 5.41) is 1.11. The molecule has 2 heterocycles. The van der Waals surface area contributed by atoms with Crippen molar-refractivity contribution in [3.05, 3.63) is 59.8 Å². The molecule has 0 unspecified atom stereocenters. The number of fused-ring (bicyclic) bond motifs is 2. The van der Waals surface area contributed by atoms with Crippen LogP contribution in [0.4, 0.5) is 0 Å². The van der Waals surface area contributed by atoms with Crippen molar-refractivity contribution in [3.63, 3.8) is 0 Å². The first-order valence-corrected chi connectivity index (χ1v) is 9.11. The molecule has 4 aromatic rings. The van der Waals surface area contributed by atoms with Crippen LogP contribution in [-0.2, 0) is 17.8 Å². The topological polar surface area (TPSA) is 87.9 Å². The molecule has 26 heavy (non-hydrogen) atoms. The molecule has 0 fully saturated rings. The highest BCUT2D eigenvalue weighted by atomic mass is 32.1. The zero-order chi connectivity index (χ0) is 18.1. The Morgan fingerprint density at radius 1 is 1.23 bits per heavy atom. The quantitative estimate of drug-likeness (QED) is 0.569. The van der Waals surface area contributed by atoms with E-state index >= 15 is 0 Å². The van der Waals surface area contributed by atoms with Crippen molar-refractivity contribution in [2.75, 3.05) is 7.05 Å². The summed E-state index contributed by atoms with van der Waals surface area (Å²) in [6.07, 6.45) is 2.43. The molecule has 0 spiro atoms. The van der Waals surface area contributed by atoms with Crippen LogP contribution in [-0.4, -0.2) is 37.6 Å². The Morgan fingerprint density at radius 3 is 2.92 bits per heavy atom. The average Bonchev–Trinajstić information content (AvgIpc) is 3.27. The van der Waals surface area contributed by atoms with Crippen molar-refractivity contribution in [3.8, 4) is 0 Å². The molecule has 132 valence electrons. The van der Waals surface area contributed by atoms with E-state index in [2.05, 4.69) is 13.7 Å². The maximum absolute atomic E-state index is 12.7. The van der Waals surface area contributed by atoms with Crippen LogP contribution in [0.2, 0.25) is 0 Å². The van der Waals surface area contributed by atoms with Crippen LogP contribution in [0.1, 0.15) is 11.1 Å². The number of likely N-dealkylation sites (N-methyl/N-ethyl adjacent to an activating group) is 1. The fourth-order valence-corrected chi connectivity index (χ4v) is 3.70. The number of para-hydroxylation sites is 1. The van der Waals surface area contributed by atoms with Crippen LogP contribution in [0.25, 0.3) is 21.9 Å². The van der Waals surface area contributed by atoms with Crippen LogP contribution in [0, 0.1) is 0 Å². The fourth-order valence-electron chi connectivity index (χ4n) is 3.19.